The number of carbonyl (C=O) groups is 2. The van der Waals surface area contributed by atoms with Crippen LogP contribution in [-0.4, -0.2) is 23.4 Å². The normalized spacial score (nSPS) is 13.2. The Balaban J connectivity index is 4.91. The maximum atomic E-state index is 12.4. The summed E-state index contributed by atoms with van der Waals surface area (Å²) in [7, 11) is 0. The van der Waals surface area contributed by atoms with Gasteiger partial charge < -0.3 is 10.6 Å². The second-order valence-corrected chi connectivity index (χ2v) is 6.63. The van der Waals surface area contributed by atoms with Crippen molar-refractivity contribution >= 4 is 11.8 Å². The molecule has 0 aliphatic carbocycles. The molecule has 0 fully saturated rings. The van der Waals surface area contributed by atoms with Gasteiger partial charge >= 0.3 is 0 Å². The zero-order valence-corrected chi connectivity index (χ0v) is 14.2. The molecule has 0 aromatic rings. The van der Waals surface area contributed by atoms with Crippen LogP contribution < -0.4 is 10.6 Å². The minimum Gasteiger partial charge on any atom is -0.350 e. The first-order chi connectivity index (χ1) is 9.61. The molecule has 2 N–H and O–H groups in total. The molecule has 0 saturated carbocycles. The van der Waals surface area contributed by atoms with Gasteiger partial charge in [-0.2, -0.15) is 5.26 Å². The van der Waals surface area contributed by atoms with E-state index in [1.165, 1.54) is 0 Å². The van der Waals surface area contributed by atoms with Gasteiger partial charge in [-0.05, 0) is 40.5 Å². The Kier molecular flexibility index (Phi) is 7.42. The first-order valence-corrected chi connectivity index (χ1v) is 7.66. The van der Waals surface area contributed by atoms with E-state index in [0.29, 0.717) is 12.8 Å². The van der Waals surface area contributed by atoms with Gasteiger partial charge in [0, 0.05) is 5.54 Å². The molecule has 0 rings (SSSR count). The van der Waals surface area contributed by atoms with Crippen LogP contribution in [0, 0.1) is 16.7 Å². The quantitative estimate of drug-likeness (QED) is 0.757. The average molecular weight is 295 g/mol. The number of nitrogens with one attached hydrogen (secondary N) is 2. The van der Waals surface area contributed by atoms with Crippen molar-refractivity contribution in [3.8, 4) is 6.07 Å². The van der Waals surface area contributed by atoms with E-state index in [4.69, 9.17) is 0 Å². The largest absolute Gasteiger partial charge is 0.350 e. The second-order valence-electron chi connectivity index (χ2n) is 6.63. The summed E-state index contributed by atoms with van der Waals surface area (Å²) >= 11 is 0. The highest BCUT2D eigenvalue weighted by Crippen LogP contribution is 2.29. The second kappa shape index (κ2) is 8.02. The first-order valence-electron chi connectivity index (χ1n) is 7.66. The zero-order valence-electron chi connectivity index (χ0n) is 14.2. The molecule has 0 aromatic heterocycles. The monoisotopic (exact) mass is 295 g/mol. The SMILES string of the molecule is CCCC(C#N)(CCC)C(=O)NC(C)C(=O)NC(C)(C)C. The summed E-state index contributed by atoms with van der Waals surface area (Å²) in [5, 5.41) is 14.9. The number of nitrogens with zero attached hydrogens (tertiary/aromatic N) is 1. The minimum atomic E-state index is -1.03. The van der Waals surface area contributed by atoms with Crippen LogP contribution in [0.1, 0.15) is 67.2 Å². The Hall–Kier alpha value is -1.57. The van der Waals surface area contributed by atoms with Gasteiger partial charge in [-0.25, -0.2) is 0 Å². The number of carbonyl (C=O) groups excluding carboxylic acids is 2. The third-order valence-electron chi connectivity index (χ3n) is 3.24. The van der Waals surface area contributed by atoms with E-state index in [-0.39, 0.29) is 17.4 Å². The molecule has 0 aromatic carbocycles. The van der Waals surface area contributed by atoms with Gasteiger partial charge in [0.2, 0.25) is 11.8 Å². The molecule has 1 atom stereocenters. The van der Waals surface area contributed by atoms with Crippen molar-refractivity contribution in [1.82, 2.24) is 10.6 Å². The molecule has 1 unspecified atom stereocenters. The van der Waals surface area contributed by atoms with Crippen molar-refractivity contribution in [2.75, 3.05) is 0 Å². The molecule has 2 amide bonds. The first kappa shape index (κ1) is 19.4. The highest BCUT2D eigenvalue weighted by molar-refractivity contribution is 5.91. The lowest BCUT2D eigenvalue weighted by atomic mass is 9.79. The fraction of sp³-hybridized carbons (Fsp3) is 0.812. The highest BCUT2D eigenvalue weighted by Gasteiger charge is 2.38. The molecule has 0 radical (unpaired) electrons. The van der Waals surface area contributed by atoms with Crippen molar-refractivity contribution in [3.05, 3.63) is 0 Å². The van der Waals surface area contributed by atoms with Gasteiger partial charge in [0.25, 0.3) is 0 Å². The molecular formula is C16H29N3O2. The van der Waals surface area contributed by atoms with Gasteiger partial charge in [0.05, 0.1) is 6.07 Å². The molecule has 5 nitrogen and oxygen atoms in total. The van der Waals surface area contributed by atoms with E-state index in [2.05, 4.69) is 16.7 Å². The van der Waals surface area contributed by atoms with Crippen molar-refractivity contribution in [2.24, 2.45) is 5.41 Å². The van der Waals surface area contributed by atoms with E-state index in [1.54, 1.807) is 6.92 Å². The summed E-state index contributed by atoms with van der Waals surface area (Å²) in [6, 6.07) is 1.51. The predicted molar refractivity (Wildman–Crippen MR) is 83.4 cm³/mol. The summed E-state index contributed by atoms with van der Waals surface area (Å²) in [6.07, 6.45) is 2.53. The Morgan fingerprint density at radius 3 is 1.95 bits per heavy atom. The van der Waals surface area contributed by atoms with Crippen LogP contribution in [0.15, 0.2) is 0 Å². The Morgan fingerprint density at radius 1 is 1.14 bits per heavy atom. The predicted octanol–water partition coefficient (Wildman–Crippen LogP) is 2.52. The van der Waals surface area contributed by atoms with Gasteiger partial charge in [0.1, 0.15) is 11.5 Å². The number of hydrogen-bond donors (Lipinski definition) is 2. The maximum absolute atomic E-state index is 12.4. The number of amides is 2. The van der Waals surface area contributed by atoms with Crippen molar-refractivity contribution < 1.29 is 9.59 Å². The number of nitriles is 1. The Bertz CT molecular complexity index is 399. The zero-order chi connectivity index (χ0) is 16.7. The summed E-state index contributed by atoms with van der Waals surface area (Å²) in [4.78, 5) is 24.5. The van der Waals surface area contributed by atoms with Gasteiger partial charge in [-0.1, -0.05) is 26.7 Å². The lowest BCUT2D eigenvalue weighted by Crippen LogP contribution is -2.53. The summed E-state index contributed by atoms with van der Waals surface area (Å²) in [6.45, 7) is 11.2. The molecule has 0 spiro atoms. The molecular weight excluding hydrogens is 266 g/mol. The Morgan fingerprint density at radius 2 is 1.62 bits per heavy atom. The van der Waals surface area contributed by atoms with E-state index in [9.17, 15) is 14.9 Å². The van der Waals surface area contributed by atoms with Crippen LogP contribution in [0.25, 0.3) is 0 Å². The molecule has 120 valence electrons. The van der Waals surface area contributed by atoms with Crippen LogP contribution in [0.3, 0.4) is 0 Å². The third kappa shape index (κ3) is 6.16. The fourth-order valence-corrected chi connectivity index (χ4v) is 2.25. The van der Waals surface area contributed by atoms with E-state index in [0.717, 1.165) is 12.8 Å². The molecule has 0 aliphatic rings. The topological polar surface area (TPSA) is 82.0 Å². The number of hydrogen-bond acceptors (Lipinski definition) is 3. The lowest BCUT2D eigenvalue weighted by molar-refractivity contribution is -0.134. The molecule has 5 heteroatoms. The van der Waals surface area contributed by atoms with Gasteiger partial charge in [0.15, 0.2) is 0 Å². The summed E-state index contributed by atoms with van der Waals surface area (Å²) in [5.74, 6) is -0.582. The van der Waals surface area contributed by atoms with Gasteiger partial charge in [-0.15, -0.1) is 0 Å². The molecule has 0 saturated heterocycles. The van der Waals surface area contributed by atoms with Crippen LogP contribution in [-0.2, 0) is 9.59 Å². The molecule has 0 aliphatic heterocycles. The van der Waals surface area contributed by atoms with E-state index >= 15 is 0 Å². The van der Waals surface area contributed by atoms with Crippen LogP contribution in [0.5, 0.6) is 0 Å². The molecule has 21 heavy (non-hydrogen) atoms. The number of rotatable bonds is 7. The van der Waals surface area contributed by atoms with Crippen molar-refractivity contribution in [2.45, 2.75) is 78.8 Å². The lowest BCUT2D eigenvalue weighted by Gasteiger charge is -2.28. The molecule has 0 bridgehead atoms. The fourth-order valence-electron chi connectivity index (χ4n) is 2.25. The highest BCUT2D eigenvalue weighted by atomic mass is 16.2. The van der Waals surface area contributed by atoms with Crippen LogP contribution in [0.2, 0.25) is 0 Å². The van der Waals surface area contributed by atoms with E-state index < -0.39 is 11.5 Å². The summed E-state index contributed by atoms with van der Waals surface area (Å²) < 4.78 is 0. The average Bonchev–Trinajstić information content (AvgIpc) is 2.36. The standard InChI is InChI=1S/C16H29N3O2/c1-7-9-16(11-17,10-8-2)14(21)18-12(3)13(20)19-15(4,5)6/h12H,7-10H2,1-6H3,(H,18,21)(H,19,20). The van der Waals surface area contributed by atoms with Crippen molar-refractivity contribution in [3.63, 3.8) is 0 Å². The molecule has 0 heterocycles. The van der Waals surface area contributed by atoms with Crippen LogP contribution in [0.4, 0.5) is 0 Å². The third-order valence-corrected chi connectivity index (χ3v) is 3.24. The Labute approximate surface area is 128 Å². The minimum absolute atomic E-state index is 0.240. The van der Waals surface area contributed by atoms with Gasteiger partial charge in [-0.3, -0.25) is 9.59 Å². The van der Waals surface area contributed by atoms with Crippen LogP contribution >= 0.6 is 0 Å². The summed E-state index contributed by atoms with van der Waals surface area (Å²) in [5.41, 5.74) is -1.38. The smallest absolute Gasteiger partial charge is 0.242 e. The van der Waals surface area contributed by atoms with Crippen molar-refractivity contribution in [1.29, 1.82) is 5.26 Å². The van der Waals surface area contributed by atoms with E-state index in [1.807, 2.05) is 34.6 Å². The maximum Gasteiger partial charge on any atom is 0.242 e.